The van der Waals surface area contributed by atoms with Crippen molar-refractivity contribution < 1.29 is 4.79 Å². The minimum absolute atomic E-state index is 0.0670. The molecule has 1 aromatic heterocycles. The highest BCUT2D eigenvalue weighted by Crippen LogP contribution is 2.23. The molecule has 3 nitrogen and oxygen atoms in total. The van der Waals surface area contributed by atoms with E-state index in [0.29, 0.717) is 0 Å². The van der Waals surface area contributed by atoms with Gasteiger partial charge < -0.3 is 0 Å². The molecule has 2 heterocycles. The van der Waals surface area contributed by atoms with Crippen molar-refractivity contribution >= 4 is 11.6 Å². The highest BCUT2D eigenvalue weighted by Gasteiger charge is 2.26. The van der Waals surface area contributed by atoms with E-state index in [9.17, 15) is 4.79 Å². The Morgan fingerprint density at radius 3 is 2.40 bits per heavy atom. The zero-order valence-corrected chi connectivity index (χ0v) is 9.46. The molecule has 0 saturated carbocycles. The normalized spacial score (nSPS) is 18.7. The molecule has 1 aliphatic heterocycles. The number of aliphatic imine (C=N–C) groups is 1. The van der Waals surface area contributed by atoms with Gasteiger partial charge in [-0.25, -0.2) is 0 Å². The second-order valence-corrected chi connectivity index (χ2v) is 3.82. The van der Waals surface area contributed by atoms with E-state index in [0.717, 1.165) is 28.2 Å². The van der Waals surface area contributed by atoms with E-state index >= 15 is 0 Å². The highest BCUT2D eigenvalue weighted by molar-refractivity contribution is 6.21. The number of aromatic nitrogens is 1. The Hall–Kier alpha value is -1.64. The summed E-state index contributed by atoms with van der Waals surface area (Å²) in [6, 6.07) is 3.90. The molecule has 15 heavy (non-hydrogen) atoms. The third kappa shape index (κ3) is 1.19. The Kier molecular flexibility index (Phi) is 2.11. The minimum Gasteiger partial charge on any atom is -0.286 e. The lowest BCUT2D eigenvalue weighted by Crippen LogP contribution is -2.27. The van der Waals surface area contributed by atoms with Gasteiger partial charge in [-0.2, -0.15) is 0 Å². The molecule has 0 amide bonds. The summed E-state index contributed by atoms with van der Waals surface area (Å²) in [5, 5.41) is 0. The first-order valence-electron chi connectivity index (χ1n) is 4.96. The van der Waals surface area contributed by atoms with Gasteiger partial charge in [0.1, 0.15) is 0 Å². The summed E-state index contributed by atoms with van der Waals surface area (Å²) < 4.78 is 1.73. The van der Waals surface area contributed by atoms with Gasteiger partial charge in [0.2, 0.25) is 0 Å². The Balaban J connectivity index is 2.78. The number of carbonyl (C=O) groups excluding carboxylic acids is 1. The van der Waals surface area contributed by atoms with E-state index in [2.05, 4.69) is 4.99 Å². The van der Waals surface area contributed by atoms with Gasteiger partial charge in [0.25, 0.3) is 5.91 Å². The molecule has 0 saturated heterocycles. The van der Waals surface area contributed by atoms with Crippen LogP contribution in [0.25, 0.3) is 0 Å². The SMILES string of the molecule is CN=C1C(C)=C(C)C(=O)n2c(C)ccc21. The first-order valence-corrected chi connectivity index (χ1v) is 4.96. The number of aryl methyl sites for hydroxylation is 1. The van der Waals surface area contributed by atoms with Crippen LogP contribution < -0.4 is 0 Å². The second kappa shape index (κ2) is 3.19. The number of nitrogens with zero attached hydrogens (tertiary/aromatic N) is 2. The van der Waals surface area contributed by atoms with Crippen LogP contribution in [-0.4, -0.2) is 23.2 Å². The zero-order chi connectivity index (χ0) is 11.2. The second-order valence-electron chi connectivity index (χ2n) is 3.82. The molecule has 78 valence electrons. The maximum atomic E-state index is 12.0. The standard InChI is InChI=1S/C12H14N2O/c1-7-5-6-10-11(13-4)8(2)9(3)12(15)14(7)10/h5-6H,1-4H3. The Bertz CT molecular complexity index is 504. The van der Waals surface area contributed by atoms with Crippen molar-refractivity contribution in [2.45, 2.75) is 20.8 Å². The summed E-state index contributed by atoms with van der Waals surface area (Å²) in [5.41, 5.74) is 4.54. The summed E-state index contributed by atoms with van der Waals surface area (Å²) >= 11 is 0. The topological polar surface area (TPSA) is 34.4 Å². The van der Waals surface area contributed by atoms with Gasteiger partial charge in [0.15, 0.2) is 0 Å². The van der Waals surface area contributed by atoms with Crippen LogP contribution in [-0.2, 0) is 0 Å². The lowest BCUT2D eigenvalue weighted by Gasteiger charge is -2.20. The summed E-state index contributed by atoms with van der Waals surface area (Å²) in [5.74, 6) is 0.0670. The average Bonchev–Trinajstić information content (AvgIpc) is 2.58. The molecular formula is C12H14N2O. The molecule has 1 aliphatic rings. The van der Waals surface area contributed by atoms with E-state index in [1.807, 2.05) is 32.9 Å². The lowest BCUT2D eigenvalue weighted by molar-refractivity contribution is 0.0950. The van der Waals surface area contributed by atoms with Crippen LogP contribution in [0, 0.1) is 6.92 Å². The monoisotopic (exact) mass is 202 g/mol. The Morgan fingerprint density at radius 1 is 1.13 bits per heavy atom. The number of hydrogen-bond acceptors (Lipinski definition) is 2. The van der Waals surface area contributed by atoms with Crippen molar-refractivity contribution in [3.8, 4) is 0 Å². The van der Waals surface area contributed by atoms with Crippen molar-refractivity contribution in [3.63, 3.8) is 0 Å². The van der Waals surface area contributed by atoms with Crippen molar-refractivity contribution in [3.05, 3.63) is 34.7 Å². The van der Waals surface area contributed by atoms with Crippen LogP contribution in [0.1, 0.15) is 30.0 Å². The van der Waals surface area contributed by atoms with Crippen molar-refractivity contribution in [1.29, 1.82) is 0 Å². The van der Waals surface area contributed by atoms with Crippen molar-refractivity contribution in [2.24, 2.45) is 4.99 Å². The Labute approximate surface area is 89.1 Å². The van der Waals surface area contributed by atoms with Crippen LogP contribution in [0.3, 0.4) is 0 Å². The van der Waals surface area contributed by atoms with Gasteiger partial charge >= 0.3 is 0 Å². The molecule has 3 heteroatoms. The molecule has 0 aromatic carbocycles. The maximum Gasteiger partial charge on any atom is 0.258 e. The summed E-state index contributed by atoms with van der Waals surface area (Å²) in [4.78, 5) is 16.3. The van der Waals surface area contributed by atoms with Crippen molar-refractivity contribution in [2.75, 3.05) is 7.05 Å². The minimum atomic E-state index is 0.0670. The van der Waals surface area contributed by atoms with Crippen LogP contribution in [0.2, 0.25) is 0 Å². The van der Waals surface area contributed by atoms with Gasteiger partial charge in [0.05, 0.1) is 11.4 Å². The van der Waals surface area contributed by atoms with E-state index in [4.69, 9.17) is 0 Å². The fraction of sp³-hybridized carbons (Fsp3) is 0.333. The number of allylic oxidation sites excluding steroid dienone is 2. The molecule has 0 aliphatic carbocycles. The summed E-state index contributed by atoms with van der Waals surface area (Å²) in [7, 11) is 1.76. The first-order chi connectivity index (χ1) is 7.07. The molecule has 0 atom stereocenters. The van der Waals surface area contributed by atoms with E-state index in [1.54, 1.807) is 11.6 Å². The molecule has 2 rings (SSSR count). The fourth-order valence-corrected chi connectivity index (χ4v) is 1.97. The third-order valence-corrected chi connectivity index (χ3v) is 2.98. The quantitative estimate of drug-likeness (QED) is 0.635. The summed E-state index contributed by atoms with van der Waals surface area (Å²) in [6.07, 6.45) is 0. The van der Waals surface area contributed by atoms with E-state index in [-0.39, 0.29) is 5.91 Å². The molecule has 0 bridgehead atoms. The van der Waals surface area contributed by atoms with Crippen LogP contribution >= 0.6 is 0 Å². The van der Waals surface area contributed by atoms with Gasteiger partial charge in [-0.3, -0.25) is 14.4 Å². The van der Waals surface area contributed by atoms with Crippen molar-refractivity contribution in [1.82, 2.24) is 4.57 Å². The number of hydrogen-bond donors (Lipinski definition) is 0. The van der Waals surface area contributed by atoms with Crippen LogP contribution in [0.15, 0.2) is 28.3 Å². The van der Waals surface area contributed by atoms with Gasteiger partial charge in [-0.05, 0) is 38.5 Å². The number of fused-ring (bicyclic) bond motifs is 1. The smallest absolute Gasteiger partial charge is 0.258 e. The van der Waals surface area contributed by atoms with Crippen LogP contribution in [0.4, 0.5) is 0 Å². The molecular weight excluding hydrogens is 188 g/mol. The predicted molar refractivity (Wildman–Crippen MR) is 60.6 cm³/mol. The molecule has 0 fully saturated rings. The third-order valence-electron chi connectivity index (χ3n) is 2.98. The van der Waals surface area contributed by atoms with Crippen LogP contribution in [0.5, 0.6) is 0 Å². The molecule has 0 unspecified atom stereocenters. The number of carbonyl (C=O) groups is 1. The summed E-state index contributed by atoms with van der Waals surface area (Å²) in [6.45, 7) is 5.73. The fourth-order valence-electron chi connectivity index (χ4n) is 1.97. The first kappa shape index (κ1) is 9.90. The maximum absolute atomic E-state index is 12.0. The molecule has 1 aromatic rings. The van der Waals surface area contributed by atoms with E-state index in [1.165, 1.54) is 0 Å². The van der Waals surface area contributed by atoms with Gasteiger partial charge in [-0.15, -0.1) is 0 Å². The predicted octanol–water partition coefficient (Wildman–Crippen LogP) is 2.21. The number of rotatable bonds is 0. The van der Waals surface area contributed by atoms with E-state index < -0.39 is 0 Å². The Morgan fingerprint density at radius 2 is 1.80 bits per heavy atom. The molecule has 0 spiro atoms. The zero-order valence-electron chi connectivity index (χ0n) is 9.46. The molecule has 0 radical (unpaired) electrons. The van der Waals surface area contributed by atoms with Gasteiger partial charge in [-0.1, -0.05) is 0 Å². The molecule has 0 N–H and O–H groups in total. The highest BCUT2D eigenvalue weighted by atomic mass is 16.2. The largest absolute Gasteiger partial charge is 0.286 e. The average molecular weight is 202 g/mol. The van der Waals surface area contributed by atoms with Gasteiger partial charge in [0, 0.05) is 18.3 Å². The lowest BCUT2D eigenvalue weighted by atomic mass is 9.99.